The maximum absolute atomic E-state index is 10.6. The minimum atomic E-state index is -3.61. The highest BCUT2D eigenvalue weighted by molar-refractivity contribution is 5.40. The van der Waals surface area contributed by atoms with E-state index in [2.05, 4.69) is 20.0 Å². The number of hydrogen-bond acceptors (Lipinski definition) is 14. The van der Waals surface area contributed by atoms with Gasteiger partial charge >= 0.3 is 11.9 Å². The average Bonchev–Trinajstić information content (AvgIpc) is 2.67. The van der Waals surface area contributed by atoms with Crippen molar-refractivity contribution in [2.45, 2.75) is 75.6 Å². The van der Waals surface area contributed by atoms with Crippen molar-refractivity contribution in [3.05, 3.63) is 0 Å². The Morgan fingerprint density at radius 1 is 0.562 bits per heavy atom. The lowest BCUT2D eigenvalue weighted by atomic mass is 9.86. The van der Waals surface area contributed by atoms with Gasteiger partial charge in [-0.2, -0.15) is 20.0 Å². The van der Waals surface area contributed by atoms with E-state index < -0.39 is 35.1 Å². The van der Waals surface area contributed by atoms with Gasteiger partial charge in [-0.1, -0.05) is 39.5 Å². The van der Waals surface area contributed by atoms with Crippen LogP contribution in [0.15, 0.2) is 20.0 Å². The standard InChI is InChI=1S/C18H26N4O10/c1-13(15(19-9-23,20-10-24)17(27,28)29)7-5-3-4-6-8-14(2)16(21-11-25,22-12-26)18(30,31)32/h13-14,27-32H,3-8H2,1-2H3. The predicted molar refractivity (Wildman–Crippen MR) is 103 cm³/mol. The van der Waals surface area contributed by atoms with Gasteiger partial charge in [-0.15, -0.1) is 0 Å². The second-order valence-corrected chi connectivity index (χ2v) is 7.33. The Balaban J connectivity index is 5.03. The molecule has 0 heterocycles. The van der Waals surface area contributed by atoms with Crippen molar-refractivity contribution in [3.63, 3.8) is 0 Å². The van der Waals surface area contributed by atoms with Gasteiger partial charge in [0.15, 0.2) is 0 Å². The van der Waals surface area contributed by atoms with Crippen LogP contribution < -0.4 is 0 Å². The summed E-state index contributed by atoms with van der Waals surface area (Å²) in [6.07, 6.45) is 6.22. The summed E-state index contributed by atoms with van der Waals surface area (Å²) >= 11 is 0. The number of isocyanates is 4. The molecule has 6 N–H and O–H groups in total. The lowest BCUT2D eigenvalue weighted by Crippen LogP contribution is -2.55. The summed E-state index contributed by atoms with van der Waals surface area (Å²) in [6.45, 7) is 2.74. The first kappa shape index (κ1) is 29.3. The van der Waals surface area contributed by atoms with Crippen LogP contribution in [0.3, 0.4) is 0 Å². The molecule has 0 aliphatic rings. The molecule has 32 heavy (non-hydrogen) atoms. The van der Waals surface area contributed by atoms with Gasteiger partial charge in [-0.3, -0.25) is 0 Å². The van der Waals surface area contributed by atoms with Crippen LogP contribution >= 0.6 is 0 Å². The van der Waals surface area contributed by atoms with E-state index >= 15 is 0 Å². The van der Waals surface area contributed by atoms with Crippen LogP contribution in [0, 0.1) is 11.8 Å². The maximum Gasteiger partial charge on any atom is 0.325 e. The van der Waals surface area contributed by atoms with Crippen molar-refractivity contribution >= 4 is 24.3 Å². The summed E-state index contributed by atoms with van der Waals surface area (Å²) in [4.78, 5) is 55.0. The molecular weight excluding hydrogens is 432 g/mol. The van der Waals surface area contributed by atoms with E-state index in [1.54, 1.807) is 0 Å². The van der Waals surface area contributed by atoms with Gasteiger partial charge in [0.05, 0.1) is 0 Å². The van der Waals surface area contributed by atoms with Crippen molar-refractivity contribution < 1.29 is 49.8 Å². The lowest BCUT2D eigenvalue weighted by Gasteiger charge is -2.35. The van der Waals surface area contributed by atoms with E-state index in [1.807, 2.05) is 0 Å². The van der Waals surface area contributed by atoms with Crippen LogP contribution in [0.2, 0.25) is 0 Å². The molecule has 2 unspecified atom stereocenters. The molecule has 0 fully saturated rings. The van der Waals surface area contributed by atoms with Crippen molar-refractivity contribution in [2.75, 3.05) is 0 Å². The molecule has 0 bridgehead atoms. The largest absolute Gasteiger partial charge is 0.340 e. The zero-order valence-electron chi connectivity index (χ0n) is 17.5. The van der Waals surface area contributed by atoms with Crippen LogP contribution in [0.25, 0.3) is 0 Å². The summed E-state index contributed by atoms with van der Waals surface area (Å²) in [5, 5.41) is 57.1. The zero-order chi connectivity index (χ0) is 25.1. The van der Waals surface area contributed by atoms with E-state index in [0.29, 0.717) is 25.7 Å². The molecule has 178 valence electrons. The molecule has 0 aromatic heterocycles. The molecular formula is C18H26N4O10. The van der Waals surface area contributed by atoms with Gasteiger partial charge in [0, 0.05) is 11.8 Å². The van der Waals surface area contributed by atoms with Gasteiger partial charge < -0.3 is 30.6 Å². The highest BCUT2D eigenvalue weighted by atomic mass is 16.7. The first-order chi connectivity index (χ1) is 14.8. The SMILES string of the molecule is CC(CCCCCCC(C)C(N=C=O)(N=C=O)C(O)(O)O)C(N=C=O)(N=C=O)C(O)(O)O. The van der Waals surface area contributed by atoms with Crippen molar-refractivity contribution in [3.8, 4) is 0 Å². The molecule has 0 spiro atoms. The summed E-state index contributed by atoms with van der Waals surface area (Å²) in [6, 6.07) is 0. The molecule has 0 radical (unpaired) electrons. The molecule has 0 saturated heterocycles. The normalized spacial score (nSPS) is 17.1. The fourth-order valence-corrected chi connectivity index (χ4v) is 3.39. The van der Waals surface area contributed by atoms with Crippen LogP contribution in [-0.4, -0.2) is 78.2 Å². The maximum atomic E-state index is 10.6. The second-order valence-electron chi connectivity index (χ2n) is 7.33. The summed E-state index contributed by atoms with van der Waals surface area (Å²) in [7, 11) is 0. The number of rotatable bonds is 15. The Kier molecular flexibility index (Phi) is 11.3. The number of aliphatic imine (C=N–C) groups is 4. The van der Waals surface area contributed by atoms with E-state index in [1.165, 1.54) is 13.8 Å². The highest BCUT2D eigenvalue weighted by Crippen LogP contribution is 2.37. The Morgan fingerprint density at radius 2 is 0.812 bits per heavy atom. The number of unbranched alkanes of at least 4 members (excludes halogenated alkanes) is 3. The molecule has 0 aromatic carbocycles. The number of nitrogens with zero attached hydrogens (tertiary/aromatic N) is 4. The van der Waals surface area contributed by atoms with Gasteiger partial charge in [0.25, 0.3) is 11.3 Å². The lowest BCUT2D eigenvalue weighted by molar-refractivity contribution is -0.354. The van der Waals surface area contributed by atoms with Gasteiger partial charge in [0.1, 0.15) is 0 Å². The molecule has 0 saturated carbocycles. The minimum Gasteiger partial charge on any atom is -0.340 e. The Hall–Kier alpha value is -2.72. The van der Waals surface area contributed by atoms with E-state index in [0.717, 1.165) is 24.3 Å². The van der Waals surface area contributed by atoms with Crippen molar-refractivity contribution in [2.24, 2.45) is 31.8 Å². The molecule has 0 aromatic rings. The molecule has 0 amide bonds. The van der Waals surface area contributed by atoms with Gasteiger partial charge in [-0.25, -0.2) is 19.2 Å². The van der Waals surface area contributed by atoms with Crippen LogP contribution in [-0.2, 0) is 19.2 Å². The number of hydrogen-bond donors (Lipinski definition) is 6. The van der Waals surface area contributed by atoms with Crippen LogP contribution in [0.1, 0.15) is 52.4 Å². The quantitative estimate of drug-likeness (QED) is 0.0725. The topological polar surface area (TPSA) is 239 Å². The van der Waals surface area contributed by atoms with Gasteiger partial charge in [-0.05, 0) is 12.8 Å². The van der Waals surface area contributed by atoms with E-state index in [9.17, 15) is 49.8 Å². The third kappa shape index (κ3) is 6.89. The Bertz CT molecular complexity index is 705. The molecule has 14 heteroatoms. The average molecular weight is 458 g/mol. The highest BCUT2D eigenvalue weighted by Gasteiger charge is 2.55. The first-order valence-corrected chi connectivity index (χ1v) is 9.50. The third-order valence-corrected chi connectivity index (χ3v) is 5.25. The summed E-state index contributed by atoms with van der Waals surface area (Å²) < 4.78 is 0. The molecule has 0 aliphatic carbocycles. The van der Waals surface area contributed by atoms with Crippen LogP contribution in [0.4, 0.5) is 0 Å². The molecule has 2 atom stereocenters. The number of carbonyl (C=O) groups excluding carboxylic acids is 4. The summed E-state index contributed by atoms with van der Waals surface area (Å²) in [5.41, 5.74) is -5.20. The Labute approximate surface area is 182 Å². The van der Waals surface area contributed by atoms with Crippen molar-refractivity contribution in [1.29, 1.82) is 0 Å². The second kappa shape index (κ2) is 12.4. The third-order valence-electron chi connectivity index (χ3n) is 5.25. The zero-order valence-corrected chi connectivity index (χ0v) is 17.5. The van der Waals surface area contributed by atoms with Crippen LogP contribution in [0.5, 0.6) is 0 Å². The number of aliphatic hydroxyl groups is 6. The molecule has 14 nitrogen and oxygen atoms in total. The summed E-state index contributed by atoms with van der Waals surface area (Å²) in [5.74, 6) is -9.19. The van der Waals surface area contributed by atoms with E-state index in [-0.39, 0.29) is 12.8 Å². The smallest absolute Gasteiger partial charge is 0.325 e. The minimum absolute atomic E-state index is 0.136. The van der Waals surface area contributed by atoms with Crippen molar-refractivity contribution in [1.82, 2.24) is 0 Å². The predicted octanol–water partition coefficient (Wildman–Crippen LogP) is -1.40. The fourth-order valence-electron chi connectivity index (χ4n) is 3.39. The first-order valence-electron chi connectivity index (χ1n) is 9.50. The molecule has 0 aliphatic heterocycles. The fraction of sp³-hybridized carbons (Fsp3) is 0.778. The van der Waals surface area contributed by atoms with E-state index in [4.69, 9.17) is 0 Å². The monoisotopic (exact) mass is 458 g/mol. The Morgan fingerprint density at radius 3 is 1.00 bits per heavy atom. The van der Waals surface area contributed by atoms with Gasteiger partial charge in [0.2, 0.25) is 24.3 Å². The molecule has 0 rings (SSSR count).